The van der Waals surface area contributed by atoms with Gasteiger partial charge in [-0.25, -0.2) is 0 Å². The van der Waals surface area contributed by atoms with Gasteiger partial charge in [-0.3, -0.25) is 19.3 Å². The van der Waals surface area contributed by atoms with Crippen LogP contribution in [0.15, 0.2) is 26.0 Å². The molecule has 26 heavy (non-hydrogen) atoms. The first-order valence-corrected chi connectivity index (χ1v) is 10.2. The number of halogens is 2. The number of rotatable bonds is 6. The normalized spacial score (nSPS) is 15.9. The summed E-state index contributed by atoms with van der Waals surface area (Å²) in [5.41, 5.74) is 0.711. The van der Waals surface area contributed by atoms with E-state index in [0.717, 1.165) is 25.6 Å². The van der Waals surface area contributed by atoms with Gasteiger partial charge in [-0.15, -0.1) is 0 Å². The van der Waals surface area contributed by atoms with Gasteiger partial charge < -0.3 is 9.47 Å². The number of hydrogen-bond donors (Lipinski definition) is 0. The van der Waals surface area contributed by atoms with E-state index in [9.17, 15) is 14.4 Å². The Bertz CT molecular complexity index is 755. The van der Waals surface area contributed by atoms with Crippen molar-refractivity contribution in [1.82, 2.24) is 4.90 Å². The molecule has 0 atom stereocenters. The molecule has 1 aromatic rings. The molecule has 0 N–H and O–H groups in total. The number of thioether (sulfide) groups is 1. The van der Waals surface area contributed by atoms with Crippen LogP contribution in [0.5, 0.6) is 5.75 Å². The molecule has 0 aromatic heterocycles. The van der Waals surface area contributed by atoms with Crippen LogP contribution < -0.4 is 4.74 Å². The van der Waals surface area contributed by atoms with Gasteiger partial charge in [0.15, 0.2) is 0 Å². The number of carbonyl (C=O) groups excluding carboxylic acids is 3. The fraction of sp³-hybridized carbons (Fsp3) is 0.353. The highest BCUT2D eigenvalue weighted by Gasteiger charge is 2.36. The SMILES string of the molecule is CCOc1c(Br)cc(/C=C2\SC(=O)N(CC(=O)OC(C)C)C2=O)cc1Br. The monoisotopic (exact) mass is 505 g/mol. The Morgan fingerprint density at radius 3 is 2.42 bits per heavy atom. The second-order valence-electron chi connectivity index (χ2n) is 5.55. The molecule has 0 aliphatic carbocycles. The van der Waals surface area contributed by atoms with E-state index in [1.165, 1.54) is 0 Å². The van der Waals surface area contributed by atoms with Crippen LogP contribution in [-0.4, -0.2) is 41.3 Å². The van der Waals surface area contributed by atoms with Crippen LogP contribution in [0.25, 0.3) is 6.08 Å². The van der Waals surface area contributed by atoms with Crippen LogP contribution in [0.1, 0.15) is 26.3 Å². The quantitative estimate of drug-likeness (QED) is 0.414. The Morgan fingerprint density at radius 1 is 1.27 bits per heavy atom. The van der Waals surface area contributed by atoms with E-state index in [-0.39, 0.29) is 11.0 Å². The van der Waals surface area contributed by atoms with E-state index in [1.807, 2.05) is 6.92 Å². The topological polar surface area (TPSA) is 72.9 Å². The van der Waals surface area contributed by atoms with Gasteiger partial charge in [0.1, 0.15) is 12.3 Å². The molecule has 0 bridgehead atoms. The third kappa shape index (κ3) is 5.11. The minimum Gasteiger partial charge on any atom is -0.492 e. The average molecular weight is 507 g/mol. The summed E-state index contributed by atoms with van der Waals surface area (Å²) < 4.78 is 12.0. The van der Waals surface area contributed by atoms with Crippen molar-refractivity contribution in [3.63, 3.8) is 0 Å². The number of esters is 1. The molecule has 0 spiro atoms. The molecule has 140 valence electrons. The maximum atomic E-state index is 12.4. The summed E-state index contributed by atoms with van der Waals surface area (Å²) in [4.78, 5) is 37.4. The lowest BCUT2D eigenvalue weighted by atomic mass is 10.2. The largest absolute Gasteiger partial charge is 0.492 e. The summed E-state index contributed by atoms with van der Waals surface area (Å²) in [6.07, 6.45) is 1.29. The molecule has 1 aliphatic rings. The Balaban J connectivity index is 2.21. The lowest BCUT2D eigenvalue weighted by molar-refractivity contribution is -0.149. The van der Waals surface area contributed by atoms with Crippen molar-refractivity contribution in [2.45, 2.75) is 26.9 Å². The zero-order valence-corrected chi connectivity index (χ0v) is 18.4. The Labute approximate surface area is 172 Å². The van der Waals surface area contributed by atoms with E-state index >= 15 is 0 Å². The van der Waals surface area contributed by atoms with Crippen LogP contribution in [0.4, 0.5) is 4.79 Å². The first kappa shape index (κ1) is 21.0. The van der Waals surface area contributed by atoms with Crippen molar-refractivity contribution in [3.05, 3.63) is 31.5 Å². The second kappa shape index (κ2) is 9.05. The molecule has 1 aliphatic heterocycles. The van der Waals surface area contributed by atoms with Gasteiger partial charge in [-0.2, -0.15) is 0 Å². The highest BCUT2D eigenvalue weighted by atomic mass is 79.9. The van der Waals surface area contributed by atoms with E-state index in [0.29, 0.717) is 17.9 Å². The van der Waals surface area contributed by atoms with Crippen LogP contribution in [0.2, 0.25) is 0 Å². The van der Waals surface area contributed by atoms with Gasteiger partial charge in [0, 0.05) is 0 Å². The summed E-state index contributed by atoms with van der Waals surface area (Å²) in [6.45, 7) is 5.41. The van der Waals surface area contributed by atoms with E-state index in [2.05, 4.69) is 31.9 Å². The van der Waals surface area contributed by atoms with Gasteiger partial charge in [0.05, 0.1) is 26.6 Å². The van der Waals surface area contributed by atoms with Gasteiger partial charge in [0.25, 0.3) is 11.1 Å². The van der Waals surface area contributed by atoms with Crippen LogP contribution in [0, 0.1) is 0 Å². The lowest BCUT2D eigenvalue weighted by Gasteiger charge is -2.13. The Morgan fingerprint density at radius 2 is 1.88 bits per heavy atom. The predicted molar refractivity (Wildman–Crippen MR) is 107 cm³/mol. The van der Waals surface area contributed by atoms with E-state index < -0.39 is 23.7 Å². The molecular weight excluding hydrogens is 490 g/mol. The minimum atomic E-state index is -0.616. The number of amides is 2. The molecular formula is C17H17Br2NO5S. The molecule has 6 nitrogen and oxygen atoms in total. The van der Waals surface area contributed by atoms with E-state index in [1.54, 1.807) is 32.1 Å². The fourth-order valence-corrected chi connectivity index (χ4v) is 4.45. The van der Waals surface area contributed by atoms with Gasteiger partial charge in [0.2, 0.25) is 0 Å². The van der Waals surface area contributed by atoms with Crippen LogP contribution in [0.3, 0.4) is 0 Å². The smallest absolute Gasteiger partial charge is 0.326 e. The van der Waals surface area contributed by atoms with Crippen LogP contribution >= 0.6 is 43.6 Å². The maximum absolute atomic E-state index is 12.4. The number of carbonyl (C=O) groups is 3. The molecule has 0 radical (unpaired) electrons. The number of ether oxygens (including phenoxy) is 2. The summed E-state index contributed by atoms with van der Waals surface area (Å²) in [5.74, 6) is -0.467. The molecule has 9 heteroatoms. The summed E-state index contributed by atoms with van der Waals surface area (Å²) in [6, 6.07) is 3.58. The van der Waals surface area contributed by atoms with Crippen molar-refractivity contribution >= 4 is 66.8 Å². The zero-order valence-electron chi connectivity index (χ0n) is 14.4. The first-order chi connectivity index (χ1) is 12.2. The van der Waals surface area contributed by atoms with Crippen molar-refractivity contribution < 1.29 is 23.9 Å². The summed E-state index contributed by atoms with van der Waals surface area (Å²) in [7, 11) is 0. The molecule has 0 unspecified atom stereocenters. The average Bonchev–Trinajstić information content (AvgIpc) is 2.78. The van der Waals surface area contributed by atoms with Crippen molar-refractivity contribution in [3.8, 4) is 5.75 Å². The minimum absolute atomic E-state index is 0.246. The Kier molecular flexibility index (Phi) is 7.31. The zero-order chi connectivity index (χ0) is 19.4. The second-order valence-corrected chi connectivity index (χ2v) is 8.26. The molecule has 1 saturated heterocycles. The van der Waals surface area contributed by atoms with Gasteiger partial charge >= 0.3 is 5.97 Å². The summed E-state index contributed by atoms with van der Waals surface area (Å²) in [5, 5.41) is -0.494. The highest BCUT2D eigenvalue weighted by Crippen LogP contribution is 2.37. The predicted octanol–water partition coefficient (Wildman–Crippen LogP) is 4.60. The lowest BCUT2D eigenvalue weighted by Crippen LogP contribution is -2.35. The van der Waals surface area contributed by atoms with Crippen molar-refractivity contribution in [1.29, 1.82) is 0 Å². The van der Waals surface area contributed by atoms with Crippen LogP contribution in [-0.2, 0) is 14.3 Å². The molecule has 2 rings (SSSR count). The van der Waals surface area contributed by atoms with Gasteiger partial charge in [-0.05, 0) is 88.2 Å². The third-order valence-electron chi connectivity index (χ3n) is 3.13. The van der Waals surface area contributed by atoms with Crippen molar-refractivity contribution in [2.75, 3.05) is 13.2 Å². The number of benzene rings is 1. The molecule has 2 amide bonds. The molecule has 1 heterocycles. The van der Waals surface area contributed by atoms with Gasteiger partial charge in [-0.1, -0.05) is 0 Å². The molecule has 1 aromatic carbocycles. The standard InChI is InChI=1S/C17H17Br2NO5S/c1-4-24-15-11(18)5-10(6-12(15)19)7-13-16(22)20(17(23)26-13)8-14(21)25-9(2)3/h5-7,9H,4,8H2,1-3H3/b13-7-. The maximum Gasteiger partial charge on any atom is 0.326 e. The third-order valence-corrected chi connectivity index (χ3v) is 5.22. The number of hydrogen-bond acceptors (Lipinski definition) is 6. The fourth-order valence-electron chi connectivity index (χ4n) is 2.16. The number of nitrogens with zero attached hydrogens (tertiary/aromatic N) is 1. The van der Waals surface area contributed by atoms with Crippen molar-refractivity contribution in [2.24, 2.45) is 0 Å². The number of imide groups is 1. The Hall–Kier alpha value is -1.32. The summed E-state index contributed by atoms with van der Waals surface area (Å²) >= 11 is 7.65. The first-order valence-electron chi connectivity index (χ1n) is 7.79. The molecule has 0 saturated carbocycles. The van der Waals surface area contributed by atoms with E-state index in [4.69, 9.17) is 9.47 Å². The highest BCUT2D eigenvalue weighted by molar-refractivity contribution is 9.11. The molecule has 1 fully saturated rings.